The van der Waals surface area contributed by atoms with Crippen LogP contribution in [0.2, 0.25) is 0 Å². The maximum atomic E-state index is 3.74. The van der Waals surface area contributed by atoms with Crippen LogP contribution in [-0.2, 0) is 0 Å². The molecule has 1 unspecified atom stereocenters. The third kappa shape index (κ3) is 4.74. The number of nitrogens with one attached hydrogen (secondary N) is 1. The van der Waals surface area contributed by atoms with Gasteiger partial charge in [0.25, 0.3) is 0 Å². The Bertz CT molecular complexity index is 360. The molecular weight excluding hydrogens is 286 g/mol. The summed E-state index contributed by atoms with van der Waals surface area (Å²) in [6, 6.07) is 7.03. The number of hydrogen-bond acceptors (Lipinski definition) is 1. The van der Waals surface area contributed by atoms with Gasteiger partial charge in [-0.3, -0.25) is 0 Å². The van der Waals surface area contributed by atoms with Crippen LogP contribution in [0.1, 0.15) is 57.2 Å². The minimum absolute atomic E-state index is 0.474. The molecule has 0 saturated heterocycles. The van der Waals surface area contributed by atoms with Crippen molar-refractivity contribution >= 4 is 15.9 Å². The van der Waals surface area contributed by atoms with E-state index in [4.69, 9.17) is 0 Å². The number of benzene rings is 1. The average molecular weight is 312 g/mol. The molecule has 0 aromatic heterocycles. The minimum atomic E-state index is 0.474. The summed E-state index contributed by atoms with van der Waals surface area (Å²) in [7, 11) is 0. The van der Waals surface area contributed by atoms with E-state index in [9.17, 15) is 0 Å². The Hall–Kier alpha value is -0.340. The van der Waals surface area contributed by atoms with Crippen molar-refractivity contribution in [2.45, 2.75) is 53.0 Å². The molecule has 0 fully saturated rings. The van der Waals surface area contributed by atoms with Crippen molar-refractivity contribution in [1.82, 2.24) is 5.32 Å². The molecule has 0 radical (unpaired) electrons. The summed E-state index contributed by atoms with van der Waals surface area (Å²) in [5.41, 5.74) is 2.73. The van der Waals surface area contributed by atoms with Crippen molar-refractivity contribution in [3.63, 3.8) is 0 Å². The lowest BCUT2D eigenvalue weighted by Gasteiger charge is -2.22. The molecule has 1 rings (SSSR count). The second-order valence-corrected chi connectivity index (χ2v) is 6.25. The van der Waals surface area contributed by atoms with Crippen LogP contribution in [0.4, 0.5) is 0 Å². The van der Waals surface area contributed by atoms with Crippen LogP contribution in [0.15, 0.2) is 22.7 Å². The first-order valence-electron chi connectivity index (χ1n) is 7.04. The summed E-state index contributed by atoms with van der Waals surface area (Å²) >= 11 is 3.74. The monoisotopic (exact) mass is 311 g/mol. The van der Waals surface area contributed by atoms with Gasteiger partial charge in [0.15, 0.2) is 0 Å². The largest absolute Gasteiger partial charge is 0.310 e. The van der Waals surface area contributed by atoms with Gasteiger partial charge in [0.2, 0.25) is 0 Å². The Morgan fingerprint density at radius 2 is 1.94 bits per heavy atom. The number of halogens is 1. The van der Waals surface area contributed by atoms with Crippen LogP contribution in [0.3, 0.4) is 0 Å². The van der Waals surface area contributed by atoms with E-state index in [-0.39, 0.29) is 0 Å². The fourth-order valence-corrected chi connectivity index (χ4v) is 2.67. The first kappa shape index (κ1) is 15.7. The molecule has 0 aliphatic heterocycles. The molecule has 1 aromatic carbocycles. The van der Waals surface area contributed by atoms with Gasteiger partial charge in [-0.2, -0.15) is 0 Å². The molecule has 102 valence electrons. The molecule has 0 aliphatic carbocycles. The quantitative estimate of drug-likeness (QED) is 0.726. The highest BCUT2D eigenvalue weighted by molar-refractivity contribution is 9.10. The molecule has 0 amide bonds. The summed E-state index contributed by atoms with van der Waals surface area (Å²) in [6.07, 6.45) is 3.66. The van der Waals surface area contributed by atoms with Crippen LogP contribution >= 0.6 is 15.9 Å². The molecule has 0 saturated carbocycles. The van der Waals surface area contributed by atoms with Crippen molar-refractivity contribution in [3.05, 3.63) is 33.8 Å². The Morgan fingerprint density at radius 3 is 2.56 bits per heavy atom. The van der Waals surface area contributed by atoms with E-state index in [2.05, 4.69) is 67.1 Å². The van der Waals surface area contributed by atoms with Gasteiger partial charge in [0.05, 0.1) is 0 Å². The Balaban J connectivity index is 2.83. The van der Waals surface area contributed by atoms with Crippen LogP contribution < -0.4 is 5.32 Å². The van der Waals surface area contributed by atoms with E-state index < -0.39 is 0 Å². The van der Waals surface area contributed by atoms with Crippen LogP contribution in [0.25, 0.3) is 0 Å². The molecule has 1 aromatic rings. The van der Waals surface area contributed by atoms with E-state index in [1.54, 1.807) is 0 Å². The van der Waals surface area contributed by atoms with Crippen LogP contribution in [-0.4, -0.2) is 6.54 Å². The third-order valence-electron chi connectivity index (χ3n) is 3.27. The second kappa shape index (κ2) is 7.96. The van der Waals surface area contributed by atoms with E-state index in [1.165, 1.54) is 34.9 Å². The van der Waals surface area contributed by atoms with E-state index in [1.807, 2.05) is 0 Å². The van der Waals surface area contributed by atoms with Crippen LogP contribution in [0.5, 0.6) is 0 Å². The maximum Gasteiger partial charge on any atom is 0.0331 e. The zero-order valence-electron chi connectivity index (χ0n) is 12.1. The van der Waals surface area contributed by atoms with Gasteiger partial charge in [-0.25, -0.2) is 0 Å². The number of aryl methyl sites for hydroxylation is 1. The molecule has 1 atom stereocenters. The van der Waals surface area contributed by atoms with E-state index in [0.717, 1.165) is 12.5 Å². The summed E-state index contributed by atoms with van der Waals surface area (Å²) in [6.45, 7) is 10.1. The molecule has 0 bridgehead atoms. The zero-order chi connectivity index (χ0) is 13.5. The van der Waals surface area contributed by atoms with Crippen molar-refractivity contribution in [3.8, 4) is 0 Å². The molecule has 18 heavy (non-hydrogen) atoms. The Kier molecular flexibility index (Phi) is 6.95. The molecule has 0 heterocycles. The van der Waals surface area contributed by atoms with Crippen molar-refractivity contribution < 1.29 is 0 Å². The highest BCUT2D eigenvalue weighted by atomic mass is 79.9. The summed E-state index contributed by atoms with van der Waals surface area (Å²) < 4.78 is 1.27. The van der Waals surface area contributed by atoms with Gasteiger partial charge in [-0.1, -0.05) is 54.9 Å². The zero-order valence-corrected chi connectivity index (χ0v) is 13.7. The number of hydrogen-bond donors (Lipinski definition) is 1. The van der Waals surface area contributed by atoms with Gasteiger partial charge in [0, 0.05) is 10.5 Å². The Morgan fingerprint density at radius 1 is 1.22 bits per heavy atom. The topological polar surface area (TPSA) is 12.0 Å². The lowest BCUT2D eigenvalue weighted by molar-refractivity contribution is 0.439. The Labute approximate surface area is 120 Å². The van der Waals surface area contributed by atoms with Crippen molar-refractivity contribution in [2.24, 2.45) is 5.92 Å². The minimum Gasteiger partial charge on any atom is -0.310 e. The lowest BCUT2D eigenvalue weighted by Crippen LogP contribution is -2.23. The van der Waals surface area contributed by atoms with E-state index in [0.29, 0.717) is 6.04 Å². The van der Waals surface area contributed by atoms with Gasteiger partial charge >= 0.3 is 0 Å². The first-order valence-corrected chi connectivity index (χ1v) is 7.84. The lowest BCUT2D eigenvalue weighted by atomic mass is 9.96. The summed E-state index contributed by atoms with van der Waals surface area (Å²) in [4.78, 5) is 0. The standard InChI is InChI=1S/C16H26BrN/c1-5-11-18-15(10-9-12(2)3)14-8-6-7-13(4)16(14)17/h6-8,12,15,18H,5,9-11H2,1-4H3. The molecule has 1 nitrogen and oxygen atoms in total. The fourth-order valence-electron chi connectivity index (χ4n) is 2.13. The molecule has 2 heteroatoms. The summed E-state index contributed by atoms with van der Waals surface area (Å²) in [5.74, 6) is 0.763. The van der Waals surface area contributed by atoms with Crippen LogP contribution in [0, 0.1) is 12.8 Å². The van der Waals surface area contributed by atoms with Gasteiger partial charge in [-0.05, 0) is 49.8 Å². The van der Waals surface area contributed by atoms with Crippen molar-refractivity contribution in [2.75, 3.05) is 6.54 Å². The smallest absolute Gasteiger partial charge is 0.0331 e. The predicted octanol–water partition coefficient (Wildman–Crippen LogP) is 5.23. The predicted molar refractivity (Wildman–Crippen MR) is 84.0 cm³/mol. The normalized spacial score (nSPS) is 13.0. The highest BCUT2D eigenvalue weighted by Crippen LogP contribution is 2.30. The highest BCUT2D eigenvalue weighted by Gasteiger charge is 2.15. The second-order valence-electron chi connectivity index (χ2n) is 5.46. The first-order chi connectivity index (χ1) is 8.56. The fraction of sp³-hybridized carbons (Fsp3) is 0.625. The van der Waals surface area contributed by atoms with Gasteiger partial charge in [-0.15, -0.1) is 0 Å². The third-order valence-corrected chi connectivity index (χ3v) is 4.35. The molecule has 1 N–H and O–H groups in total. The average Bonchev–Trinajstić information content (AvgIpc) is 2.33. The van der Waals surface area contributed by atoms with Gasteiger partial charge in [0.1, 0.15) is 0 Å². The van der Waals surface area contributed by atoms with Crippen molar-refractivity contribution in [1.29, 1.82) is 0 Å². The number of rotatable bonds is 7. The molecular formula is C16H26BrN. The van der Waals surface area contributed by atoms with Gasteiger partial charge < -0.3 is 5.32 Å². The van der Waals surface area contributed by atoms with E-state index >= 15 is 0 Å². The summed E-state index contributed by atoms with van der Waals surface area (Å²) in [5, 5.41) is 3.68. The molecule has 0 aliphatic rings. The SMILES string of the molecule is CCCNC(CCC(C)C)c1cccc(C)c1Br. The molecule has 0 spiro atoms. The maximum absolute atomic E-state index is 3.74.